The molecule has 3 aromatic rings. The standard InChI is InChI=1S/C20H23N3O/c1-14(2)22-19(24)12-17(16-9-5-4-6-10-16)18-13-21-20-15(3)8-7-11-23(18)20/h4-11,13-14,17H,12H2,1-3H3,(H,22,24)/t17-/m1/s1. The van der Waals surface area contributed by atoms with Gasteiger partial charge >= 0.3 is 0 Å². The predicted octanol–water partition coefficient (Wildman–Crippen LogP) is 3.69. The molecule has 1 atom stereocenters. The quantitative estimate of drug-likeness (QED) is 0.779. The van der Waals surface area contributed by atoms with Crippen molar-refractivity contribution in [1.82, 2.24) is 14.7 Å². The molecule has 0 aliphatic carbocycles. The molecule has 0 unspecified atom stereocenters. The van der Waals surface area contributed by atoms with Crippen molar-refractivity contribution in [3.05, 3.63) is 71.7 Å². The van der Waals surface area contributed by atoms with Crippen molar-refractivity contribution in [1.29, 1.82) is 0 Å². The molecule has 0 spiro atoms. The lowest BCUT2D eigenvalue weighted by Crippen LogP contribution is -2.31. The first-order valence-electron chi connectivity index (χ1n) is 8.33. The molecule has 0 fully saturated rings. The van der Waals surface area contributed by atoms with Crippen LogP contribution in [0.25, 0.3) is 5.65 Å². The average molecular weight is 321 g/mol. The number of nitrogens with zero attached hydrogens (tertiary/aromatic N) is 2. The first-order valence-corrected chi connectivity index (χ1v) is 8.33. The largest absolute Gasteiger partial charge is 0.354 e. The molecule has 0 bridgehead atoms. The van der Waals surface area contributed by atoms with Gasteiger partial charge in [0.2, 0.25) is 5.91 Å². The predicted molar refractivity (Wildman–Crippen MR) is 96.1 cm³/mol. The molecule has 3 rings (SSSR count). The Kier molecular flexibility index (Phi) is 4.65. The van der Waals surface area contributed by atoms with E-state index in [4.69, 9.17) is 0 Å². The number of nitrogens with one attached hydrogen (secondary N) is 1. The van der Waals surface area contributed by atoms with Gasteiger partial charge in [-0.15, -0.1) is 0 Å². The fourth-order valence-corrected chi connectivity index (χ4v) is 3.07. The molecule has 2 aromatic heterocycles. The highest BCUT2D eigenvalue weighted by molar-refractivity contribution is 5.77. The van der Waals surface area contributed by atoms with Gasteiger partial charge in [-0.1, -0.05) is 36.4 Å². The van der Waals surface area contributed by atoms with Gasteiger partial charge in [-0.25, -0.2) is 4.98 Å². The number of aromatic nitrogens is 2. The highest BCUT2D eigenvalue weighted by Crippen LogP contribution is 2.29. The molecular formula is C20H23N3O. The number of hydrogen-bond donors (Lipinski definition) is 1. The van der Waals surface area contributed by atoms with Gasteiger partial charge in [0.25, 0.3) is 0 Å². The number of fused-ring (bicyclic) bond motifs is 1. The van der Waals surface area contributed by atoms with E-state index in [1.54, 1.807) is 0 Å². The molecule has 1 aromatic carbocycles. The maximum absolute atomic E-state index is 12.4. The minimum atomic E-state index is -0.0262. The second kappa shape index (κ2) is 6.87. The summed E-state index contributed by atoms with van der Waals surface area (Å²) in [4.78, 5) is 17.0. The van der Waals surface area contributed by atoms with Crippen LogP contribution in [0.4, 0.5) is 0 Å². The fourth-order valence-electron chi connectivity index (χ4n) is 3.07. The van der Waals surface area contributed by atoms with Gasteiger partial charge in [0.15, 0.2) is 0 Å². The van der Waals surface area contributed by atoms with E-state index in [2.05, 4.69) is 39.8 Å². The smallest absolute Gasteiger partial charge is 0.221 e. The number of benzene rings is 1. The van der Waals surface area contributed by atoms with Gasteiger partial charge in [-0.3, -0.25) is 4.79 Å². The van der Waals surface area contributed by atoms with Crippen molar-refractivity contribution >= 4 is 11.6 Å². The Balaban J connectivity index is 2.03. The van der Waals surface area contributed by atoms with E-state index < -0.39 is 0 Å². The summed E-state index contributed by atoms with van der Waals surface area (Å²) in [5.41, 5.74) is 4.23. The number of carbonyl (C=O) groups is 1. The van der Waals surface area contributed by atoms with Crippen LogP contribution in [0.2, 0.25) is 0 Å². The molecule has 124 valence electrons. The summed E-state index contributed by atoms with van der Waals surface area (Å²) in [5.74, 6) is 0.0307. The van der Waals surface area contributed by atoms with Crippen molar-refractivity contribution in [2.45, 2.75) is 39.2 Å². The summed E-state index contributed by atoms with van der Waals surface area (Å²) in [6.45, 7) is 6.01. The van der Waals surface area contributed by atoms with Crippen LogP contribution in [0.1, 0.15) is 43.0 Å². The third kappa shape index (κ3) is 3.32. The van der Waals surface area contributed by atoms with E-state index in [1.165, 1.54) is 0 Å². The van der Waals surface area contributed by atoms with Gasteiger partial charge in [-0.2, -0.15) is 0 Å². The number of amides is 1. The molecule has 0 aliphatic heterocycles. The Morgan fingerprint density at radius 1 is 1.17 bits per heavy atom. The lowest BCUT2D eigenvalue weighted by Gasteiger charge is -2.18. The molecular weight excluding hydrogens is 298 g/mol. The second-order valence-corrected chi connectivity index (χ2v) is 6.46. The maximum Gasteiger partial charge on any atom is 0.221 e. The average Bonchev–Trinajstić information content (AvgIpc) is 2.98. The SMILES string of the molecule is Cc1cccn2c([C@H](CC(=O)NC(C)C)c3ccccc3)cnc12. The summed E-state index contributed by atoms with van der Waals surface area (Å²) >= 11 is 0. The van der Waals surface area contributed by atoms with Crippen molar-refractivity contribution in [3.63, 3.8) is 0 Å². The molecule has 0 saturated carbocycles. The summed E-state index contributed by atoms with van der Waals surface area (Å²) in [6, 6.07) is 14.4. The normalized spacial score (nSPS) is 12.5. The lowest BCUT2D eigenvalue weighted by atomic mass is 9.92. The van der Waals surface area contributed by atoms with Crippen LogP contribution in [-0.4, -0.2) is 21.3 Å². The molecule has 0 radical (unpaired) electrons. The van der Waals surface area contributed by atoms with Gasteiger partial charge in [0, 0.05) is 30.8 Å². The number of aryl methyl sites for hydroxylation is 1. The Morgan fingerprint density at radius 2 is 1.92 bits per heavy atom. The highest BCUT2D eigenvalue weighted by Gasteiger charge is 2.22. The highest BCUT2D eigenvalue weighted by atomic mass is 16.1. The third-order valence-electron chi connectivity index (χ3n) is 4.16. The van der Waals surface area contributed by atoms with Crippen LogP contribution in [0.15, 0.2) is 54.9 Å². The van der Waals surface area contributed by atoms with Crippen LogP contribution in [-0.2, 0) is 4.79 Å². The van der Waals surface area contributed by atoms with Crippen LogP contribution in [0.5, 0.6) is 0 Å². The third-order valence-corrected chi connectivity index (χ3v) is 4.16. The van der Waals surface area contributed by atoms with E-state index in [-0.39, 0.29) is 17.9 Å². The number of imidazole rings is 1. The van der Waals surface area contributed by atoms with E-state index in [0.29, 0.717) is 6.42 Å². The summed E-state index contributed by atoms with van der Waals surface area (Å²) in [7, 11) is 0. The van der Waals surface area contributed by atoms with Crippen molar-refractivity contribution in [3.8, 4) is 0 Å². The Morgan fingerprint density at radius 3 is 2.62 bits per heavy atom. The Bertz CT molecular complexity index is 836. The molecule has 4 heteroatoms. The van der Waals surface area contributed by atoms with E-state index >= 15 is 0 Å². The second-order valence-electron chi connectivity index (χ2n) is 6.46. The Labute approximate surface area is 142 Å². The van der Waals surface area contributed by atoms with E-state index in [1.807, 2.05) is 50.5 Å². The monoisotopic (exact) mass is 321 g/mol. The van der Waals surface area contributed by atoms with Gasteiger partial charge < -0.3 is 9.72 Å². The van der Waals surface area contributed by atoms with E-state index in [9.17, 15) is 4.79 Å². The molecule has 0 saturated heterocycles. The maximum atomic E-state index is 12.4. The fraction of sp³-hybridized carbons (Fsp3) is 0.300. The number of rotatable bonds is 5. The van der Waals surface area contributed by atoms with Crippen molar-refractivity contribution < 1.29 is 4.79 Å². The first-order chi connectivity index (χ1) is 11.6. The van der Waals surface area contributed by atoms with Crippen LogP contribution in [0.3, 0.4) is 0 Å². The van der Waals surface area contributed by atoms with Crippen molar-refractivity contribution in [2.75, 3.05) is 0 Å². The lowest BCUT2D eigenvalue weighted by molar-refractivity contribution is -0.121. The van der Waals surface area contributed by atoms with Crippen LogP contribution < -0.4 is 5.32 Å². The summed E-state index contributed by atoms with van der Waals surface area (Å²) in [5, 5.41) is 3.00. The van der Waals surface area contributed by atoms with Crippen LogP contribution >= 0.6 is 0 Å². The minimum Gasteiger partial charge on any atom is -0.354 e. The number of carbonyl (C=O) groups excluding carboxylic acids is 1. The first kappa shape index (κ1) is 16.2. The number of pyridine rings is 1. The minimum absolute atomic E-state index is 0.0262. The topological polar surface area (TPSA) is 46.4 Å². The van der Waals surface area contributed by atoms with Gasteiger partial charge in [0.1, 0.15) is 5.65 Å². The Hall–Kier alpha value is -2.62. The van der Waals surface area contributed by atoms with Crippen LogP contribution in [0, 0.1) is 6.92 Å². The van der Waals surface area contributed by atoms with Gasteiger partial charge in [-0.05, 0) is 38.0 Å². The van der Waals surface area contributed by atoms with Gasteiger partial charge in [0.05, 0.1) is 5.69 Å². The zero-order valence-corrected chi connectivity index (χ0v) is 14.4. The van der Waals surface area contributed by atoms with Crippen molar-refractivity contribution in [2.24, 2.45) is 0 Å². The number of hydrogen-bond acceptors (Lipinski definition) is 2. The van der Waals surface area contributed by atoms with E-state index in [0.717, 1.165) is 22.5 Å². The summed E-state index contributed by atoms with van der Waals surface area (Å²) in [6.07, 6.45) is 4.31. The molecule has 1 amide bonds. The zero-order chi connectivity index (χ0) is 17.1. The molecule has 24 heavy (non-hydrogen) atoms. The molecule has 2 heterocycles. The molecule has 1 N–H and O–H groups in total. The molecule has 0 aliphatic rings. The zero-order valence-electron chi connectivity index (χ0n) is 14.4. The molecule has 4 nitrogen and oxygen atoms in total. The summed E-state index contributed by atoms with van der Waals surface area (Å²) < 4.78 is 2.09.